The van der Waals surface area contributed by atoms with Crippen LogP contribution in [0.5, 0.6) is 0 Å². The van der Waals surface area contributed by atoms with Gasteiger partial charge in [-0.2, -0.15) is 0 Å². The summed E-state index contributed by atoms with van der Waals surface area (Å²) in [6, 6.07) is 37.5. The predicted octanol–water partition coefficient (Wildman–Crippen LogP) is 8.14. The van der Waals surface area contributed by atoms with E-state index in [-0.39, 0.29) is 0 Å². The second-order valence-corrected chi connectivity index (χ2v) is 8.68. The predicted molar refractivity (Wildman–Crippen MR) is 136 cm³/mol. The van der Waals surface area contributed by atoms with Gasteiger partial charge in [-0.25, -0.2) is 0 Å². The van der Waals surface area contributed by atoms with Crippen LogP contribution in [0, 0.1) is 0 Å². The number of benzene rings is 5. The highest BCUT2D eigenvalue weighted by atomic mass is 14.9. The van der Waals surface area contributed by atoms with Crippen LogP contribution in [0.25, 0.3) is 71.0 Å². The van der Waals surface area contributed by atoms with Gasteiger partial charge < -0.3 is 9.38 Å². The molecule has 0 unspecified atom stereocenters. The van der Waals surface area contributed by atoms with Crippen molar-refractivity contribution in [1.82, 2.24) is 9.38 Å². The minimum absolute atomic E-state index is 1.18. The number of aromatic amines is 1. The lowest BCUT2D eigenvalue weighted by Crippen LogP contribution is -1.81. The zero-order valence-electron chi connectivity index (χ0n) is 17.3. The Labute approximate surface area is 183 Å². The van der Waals surface area contributed by atoms with Gasteiger partial charge in [0.2, 0.25) is 0 Å². The Morgan fingerprint density at radius 1 is 0.500 bits per heavy atom. The van der Waals surface area contributed by atoms with Crippen molar-refractivity contribution in [2.24, 2.45) is 0 Å². The van der Waals surface area contributed by atoms with Gasteiger partial charge in [-0.15, -0.1) is 0 Å². The fourth-order valence-electron chi connectivity index (χ4n) is 5.72. The molecule has 0 spiro atoms. The minimum atomic E-state index is 1.18. The van der Waals surface area contributed by atoms with Gasteiger partial charge in [-0.3, -0.25) is 0 Å². The molecule has 5 aromatic carbocycles. The molecule has 0 amide bonds. The summed E-state index contributed by atoms with van der Waals surface area (Å²) >= 11 is 0. The highest BCUT2D eigenvalue weighted by Crippen LogP contribution is 2.44. The quantitative estimate of drug-likeness (QED) is 0.284. The Balaban J connectivity index is 1.54. The topological polar surface area (TPSA) is 20.2 Å². The van der Waals surface area contributed by atoms with E-state index in [0.717, 1.165) is 0 Å². The van der Waals surface area contributed by atoms with Crippen molar-refractivity contribution in [2.45, 2.75) is 0 Å². The highest BCUT2D eigenvalue weighted by Gasteiger charge is 2.20. The summed E-state index contributed by atoms with van der Waals surface area (Å²) in [6.45, 7) is 0. The maximum Gasteiger partial charge on any atom is 0.0626 e. The summed E-state index contributed by atoms with van der Waals surface area (Å²) in [7, 11) is 0. The SMILES string of the molecule is c1ccc2c(c1)[nH]c1cc(-c3ccc4c5ccccc5n5c6ccccc6c3c45)ccc12. The van der Waals surface area contributed by atoms with Crippen LogP contribution in [0.4, 0.5) is 0 Å². The Morgan fingerprint density at radius 2 is 1.16 bits per heavy atom. The lowest BCUT2D eigenvalue weighted by atomic mass is 9.96. The lowest BCUT2D eigenvalue weighted by Gasteiger charge is -2.06. The monoisotopic (exact) mass is 406 g/mol. The van der Waals surface area contributed by atoms with Crippen LogP contribution < -0.4 is 0 Å². The molecule has 0 aliphatic carbocycles. The number of nitrogens with zero attached hydrogens (tertiary/aromatic N) is 1. The normalized spacial score (nSPS) is 12.4. The van der Waals surface area contributed by atoms with E-state index in [1.54, 1.807) is 0 Å². The second-order valence-electron chi connectivity index (χ2n) is 8.68. The van der Waals surface area contributed by atoms with Crippen LogP contribution in [-0.2, 0) is 0 Å². The molecule has 0 aliphatic rings. The number of hydrogen-bond donors (Lipinski definition) is 1. The molecular weight excluding hydrogens is 388 g/mol. The summed E-state index contributed by atoms with van der Waals surface area (Å²) in [5.74, 6) is 0. The maximum absolute atomic E-state index is 3.61. The number of hydrogen-bond acceptors (Lipinski definition) is 0. The molecule has 148 valence electrons. The first-order valence-corrected chi connectivity index (χ1v) is 11.1. The van der Waals surface area contributed by atoms with Crippen molar-refractivity contribution in [2.75, 3.05) is 0 Å². The van der Waals surface area contributed by atoms with Crippen LogP contribution in [-0.4, -0.2) is 9.38 Å². The zero-order chi connectivity index (χ0) is 20.8. The Morgan fingerprint density at radius 3 is 2.03 bits per heavy atom. The molecule has 1 N–H and O–H groups in total. The third-order valence-electron chi connectivity index (χ3n) is 7.07. The van der Waals surface area contributed by atoms with E-state index in [4.69, 9.17) is 0 Å². The number of rotatable bonds is 1. The zero-order valence-corrected chi connectivity index (χ0v) is 17.3. The summed E-state index contributed by atoms with van der Waals surface area (Å²) in [6.07, 6.45) is 0. The standard InChI is InChI=1S/C30H18N2/c1-4-10-25-20(7-1)21-14-13-18(17-26(21)31-25)19-15-16-23-22-8-2-5-11-27(22)32-28-12-6-3-9-24(28)29(19)30(23)32/h1-17,31H. The Kier molecular flexibility index (Phi) is 2.91. The van der Waals surface area contributed by atoms with E-state index in [1.165, 1.54) is 71.0 Å². The first-order valence-electron chi connectivity index (χ1n) is 11.1. The third kappa shape index (κ3) is 1.91. The number of fused-ring (bicyclic) bond motifs is 9. The van der Waals surface area contributed by atoms with E-state index in [1.807, 2.05) is 0 Å². The molecule has 0 bridgehead atoms. The Bertz CT molecular complexity index is 1980. The van der Waals surface area contributed by atoms with Crippen LogP contribution in [0.15, 0.2) is 103 Å². The molecule has 0 aliphatic heterocycles. The van der Waals surface area contributed by atoms with Crippen molar-refractivity contribution >= 4 is 59.9 Å². The highest BCUT2D eigenvalue weighted by molar-refractivity contribution is 6.27. The van der Waals surface area contributed by atoms with Gasteiger partial charge in [-0.05, 0) is 35.4 Å². The van der Waals surface area contributed by atoms with Crippen LogP contribution >= 0.6 is 0 Å². The van der Waals surface area contributed by atoms with Crippen molar-refractivity contribution in [3.63, 3.8) is 0 Å². The molecular formula is C30H18N2. The molecule has 3 aromatic heterocycles. The number of H-pyrrole nitrogens is 1. The first-order chi connectivity index (χ1) is 15.9. The molecule has 2 nitrogen and oxygen atoms in total. The van der Waals surface area contributed by atoms with Gasteiger partial charge in [0.05, 0.1) is 16.6 Å². The van der Waals surface area contributed by atoms with Gasteiger partial charge in [0.1, 0.15) is 0 Å². The molecule has 0 radical (unpaired) electrons. The van der Waals surface area contributed by atoms with Crippen LogP contribution in [0.2, 0.25) is 0 Å². The molecule has 2 heteroatoms. The number of aromatic nitrogens is 2. The van der Waals surface area contributed by atoms with E-state index >= 15 is 0 Å². The average Bonchev–Trinajstić information content (AvgIpc) is 3.50. The van der Waals surface area contributed by atoms with Gasteiger partial charge in [0, 0.05) is 43.4 Å². The van der Waals surface area contributed by atoms with E-state index < -0.39 is 0 Å². The molecule has 3 heterocycles. The van der Waals surface area contributed by atoms with E-state index in [9.17, 15) is 0 Å². The smallest absolute Gasteiger partial charge is 0.0626 e. The van der Waals surface area contributed by atoms with Gasteiger partial charge in [0.15, 0.2) is 0 Å². The molecule has 32 heavy (non-hydrogen) atoms. The van der Waals surface area contributed by atoms with Gasteiger partial charge in [-0.1, -0.05) is 78.9 Å². The minimum Gasteiger partial charge on any atom is -0.354 e. The summed E-state index contributed by atoms with van der Waals surface area (Å²) < 4.78 is 2.44. The number of nitrogens with one attached hydrogen (secondary N) is 1. The van der Waals surface area contributed by atoms with Gasteiger partial charge >= 0.3 is 0 Å². The van der Waals surface area contributed by atoms with Crippen molar-refractivity contribution in [3.8, 4) is 11.1 Å². The van der Waals surface area contributed by atoms with Crippen molar-refractivity contribution in [3.05, 3.63) is 103 Å². The lowest BCUT2D eigenvalue weighted by molar-refractivity contribution is 1.37. The average molecular weight is 406 g/mol. The molecule has 8 aromatic rings. The van der Waals surface area contributed by atoms with Crippen molar-refractivity contribution < 1.29 is 0 Å². The summed E-state index contributed by atoms with van der Waals surface area (Å²) in [4.78, 5) is 3.61. The second kappa shape index (κ2) is 5.68. The molecule has 0 saturated heterocycles. The molecule has 0 saturated carbocycles. The largest absolute Gasteiger partial charge is 0.354 e. The van der Waals surface area contributed by atoms with E-state index in [0.29, 0.717) is 0 Å². The summed E-state index contributed by atoms with van der Waals surface area (Å²) in [5, 5.41) is 7.84. The fraction of sp³-hybridized carbons (Fsp3) is 0. The molecule has 0 fully saturated rings. The Hall–Kier alpha value is -4.30. The molecule has 8 rings (SSSR count). The van der Waals surface area contributed by atoms with Gasteiger partial charge in [0.25, 0.3) is 0 Å². The third-order valence-corrected chi connectivity index (χ3v) is 7.07. The maximum atomic E-state index is 3.61. The van der Waals surface area contributed by atoms with Crippen LogP contribution in [0.3, 0.4) is 0 Å². The fourth-order valence-corrected chi connectivity index (χ4v) is 5.72. The first kappa shape index (κ1) is 16.4. The summed E-state index contributed by atoms with van der Waals surface area (Å²) in [5.41, 5.74) is 8.76. The molecule has 0 atom stereocenters. The van der Waals surface area contributed by atoms with E-state index in [2.05, 4.69) is 113 Å². The number of para-hydroxylation sites is 3. The van der Waals surface area contributed by atoms with Crippen molar-refractivity contribution in [1.29, 1.82) is 0 Å². The van der Waals surface area contributed by atoms with Crippen LogP contribution in [0.1, 0.15) is 0 Å².